The second-order valence-electron chi connectivity index (χ2n) is 5.75. The van der Waals surface area contributed by atoms with Gasteiger partial charge in [-0.05, 0) is 50.1 Å². The second kappa shape index (κ2) is 4.62. The number of fused-ring (bicyclic) bond motifs is 7. The first kappa shape index (κ1) is 13.6. The minimum atomic E-state index is 0.925. The van der Waals surface area contributed by atoms with Crippen molar-refractivity contribution in [2.75, 3.05) is 0 Å². The Hall–Kier alpha value is -1.78. The van der Waals surface area contributed by atoms with Crippen LogP contribution in [0.15, 0.2) is 61.9 Å². The van der Waals surface area contributed by atoms with Crippen LogP contribution in [0.5, 0.6) is 0 Å². The molecule has 0 spiro atoms. The Balaban J connectivity index is 2.19. The summed E-state index contributed by atoms with van der Waals surface area (Å²) in [5.74, 6) is 0. The highest BCUT2D eigenvalue weighted by molar-refractivity contribution is 9.11. The molecule has 0 saturated heterocycles. The Morgan fingerprint density at radius 3 is 2.48 bits per heavy atom. The van der Waals surface area contributed by atoms with E-state index in [1.54, 1.807) is 0 Å². The summed E-state index contributed by atoms with van der Waals surface area (Å²) in [6, 6.07) is 16.7. The molecule has 112 valence electrons. The Morgan fingerprint density at radius 2 is 1.61 bits per heavy atom. The lowest BCUT2D eigenvalue weighted by Gasteiger charge is -2.02. The van der Waals surface area contributed by atoms with Crippen molar-refractivity contribution < 1.29 is 4.42 Å². The van der Waals surface area contributed by atoms with E-state index < -0.39 is 0 Å². The summed E-state index contributed by atoms with van der Waals surface area (Å²) in [6.07, 6.45) is 0. The maximum atomic E-state index is 6.23. The highest BCUT2D eigenvalue weighted by atomic mass is 79.9. The quantitative estimate of drug-likeness (QED) is 0.266. The lowest BCUT2D eigenvalue weighted by molar-refractivity contribution is 0.673. The van der Waals surface area contributed by atoms with Gasteiger partial charge in [0.2, 0.25) is 0 Å². The molecule has 0 atom stereocenters. The summed E-state index contributed by atoms with van der Waals surface area (Å²) in [7, 11) is 2.09. The molecule has 2 heterocycles. The summed E-state index contributed by atoms with van der Waals surface area (Å²) < 4.78 is 10.6. The van der Waals surface area contributed by atoms with Gasteiger partial charge in [-0.25, -0.2) is 0 Å². The van der Waals surface area contributed by atoms with Crippen molar-refractivity contribution in [3.8, 4) is 0 Å². The molecular weight excluding hydrogens is 418 g/mol. The van der Waals surface area contributed by atoms with Gasteiger partial charge in [-0.3, -0.25) is 0 Å². The number of hydrogen-bond acceptors (Lipinski definition) is 1. The van der Waals surface area contributed by atoms with E-state index in [1.807, 2.05) is 12.1 Å². The van der Waals surface area contributed by atoms with Gasteiger partial charge in [0.05, 0.1) is 16.4 Å². The van der Waals surface area contributed by atoms with Crippen LogP contribution in [0.25, 0.3) is 43.7 Å². The Labute approximate surface area is 148 Å². The number of furan rings is 1. The van der Waals surface area contributed by atoms with Gasteiger partial charge in [-0.15, -0.1) is 0 Å². The summed E-state index contributed by atoms with van der Waals surface area (Å²) in [5, 5.41) is 4.65. The van der Waals surface area contributed by atoms with Crippen LogP contribution >= 0.6 is 31.9 Å². The van der Waals surface area contributed by atoms with Crippen molar-refractivity contribution in [2.45, 2.75) is 0 Å². The van der Waals surface area contributed by atoms with E-state index in [0.717, 1.165) is 41.8 Å². The van der Waals surface area contributed by atoms with Crippen LogP contribution < -0.4 is 0 Å². The number of rotatable bonds is 0. The Morgan fingerprint density at radius 1 is 0.826 bits per heavy atom. The molecule has 0 N–H and O–H groups in total. The van der Waals surface area contributed by atoms with Gasteiger partial charge >= 0.3 is 0 Å². The smallest absolute Gasteiger partial charge is 0.145 e. The largest absolute Gasteiger partial charge is 0.455 e. The lowest BCUT2D eigenvalue weighted by atomic mass is 10.1. The summed E-state index contributed by atoms with van der Waals surface area (Å²) in [6.45, 7) is 0. The number of hydrogen-bond donors (Lipinski definition) is 0. The van der Waals surface area contributed by atoms with Crippen LogP contribution in [0.2, 0.25) is 0 Å². The van der Waals surface area contributed by atoms with Crippen molar-refractivity contribution in [3.63, 3.8) is 0 Å². The topological polar surface area (TPSA) is 18.1 Å². The molecule has 0 aliphatic carbocycles. The van der Waals surface area contributed by atoms with E-state index in [4.69, 9.17) is 4.42 Å². The van der Waals surface area contributed by atoms with Gasteiger partial charge in [-0.1, -0.05) is 30.3 Å². The van der Waals surface area contributed by atoms with Gasteiger partial charge in [0, 0.05) is 32.2 Å². The molecule has 5 rings (SSSR count). The molecule has 0 saturated carbocycles. The highest BCUT2D eigenvalue weighted by Crippen LogP contribution is 2.43. The zero-order chi connectivity index (χ0) is 15.7. The number of para-hydroxylation sites is 2. The fourth-order valence-electron chi connectivity index (χ4n) is 3.56. The second-order valence-corrected chi connectivity index (χ2v) is 7.46. The van der Waals surface area contributed by atoms with Crippen molar-refractivity contribution in [1.29, 1.82) is 0 Å². The molecule has 23 heavy (non-hydrogen) atoms. The van der Waals surface area contributed by atoms with Crippen LogP contribution in [-0.4, -0.2) is 4.57 Å². The summed E-state index contributed by atoms with van der Waals surface area (Å²) >= 11 is 7.45. The SMILES string of the molecule is Cn1c2c(Br)cccc2c2c3oc4ccccc4c3cc(Br)c21. The van der Waals surface area contributed by atoms with Gasteiger partial charge < -0.3 is 8.98 Å². The van der Waals surface area contributed by atoms with Crippen LogP contribution in [0.3, 0.4) is 0 Å². The number of aromatic nitrogens is 1. The number of benzene rings is 3. The average molecular weight is 429 g/mol. The maximum absolute atomic E-state index is 6.23. The number of halogens is 2. The summed E-state index contributed by atoms with van der Waals surface area (Å²) in [4.78, 5) is 0. The third kappa shape index (κ3) is 1.68. The average Bonchev–Trinajstić information content (AvgIpc) is 3.05. The molecule has 2 aromatic heterocycles. The molecule has 0 unspecified atom stereocenters. The first-order chi connectivity index (χ1) is 11.2. The first-order valence-corrected chi connectivity index (χ1v) is 8.92. The Bertz CT molecular complexity index is 1250. The van der Waals surface area contributed by atoms with Crippen molar-refractivity contribution in [1.82, 2.24) is 4.57 Å². The fraction of sp³-hybridized carbons (Fsp3) is 0.0526. The standard InChI is InChI=1S/C19H11Br2NO/c1-22-17-11(6-4-7-13(17)20)16-18(22)14(21)9-12-10-5-2-3-8-15(10)23-19(12)16/h2-9H,1H3. The minimum absolute atomic E-state index is 0.925. The summed E-state index contributed by atoms with van der Waals surface area (Å²) in [5.41, 5.74) is 4.21. The monoisotopic (exact) mass is 427 g/mol. The van der Waals surface area contributed by atoms with E-state index in [1.165, 1.54) is 10.9 Å². The first-order valence-electron chi connectivity index (χ1n) is 7.33. The van der Waals surface area contributed by atoms with Gasteiger partial charge in [0.25, 0.3) is 0 Å². The number of nitrogens with zero attached hydrogens (tertiary/aromatic N) is 1. The normalized spacial score (nSPS) is 12.1. The van der Waals surface area contributed by atoms with Crippen molar-refractivity contribution in [2.24, 2.45) is 7.05 Å². The van der Waals surface area contributed by atoms with E-state index in [2.05, 4.69) is 79.9 Å². The highest BCUT2D eigenvalue weighted by Gasteiger charge is 2.19. The van der Waals surface area contributed by atoms with E-state index in [-0.39, 0.29) is 0 Å². The molecule has 0 fully saturated rings. The lowest BCUT2D eigenvalue weighted by Crippen LogP contribution is -1.88. The van der Waals surface area contributed by atoms with Crippen LogP contribution in [0.1, 0.15) is 0 Å². The third-order valence-electron chi connectivity index (χ3n) is 4.52. The zero-order valence-corrected chi connectivity index (χ0v) is 15.4. The van der Waals surface area contributed by atoms with Crippen LogP contribution in [0, 0.1) is 0 Å². The predicted octanol–water partition coefficient (Wildman–Crippen LogP) is 6.76. The molecule has 4 heteroatoms. The molecule has 0 amide bonds. The molecule has 0 bridgehead atoms. The molecule has 2 nitrogen and oxygen atoms in total. The van der Waals surface area contributed by atoms with Crippen LogP contribution in [0.4, 0.5) is 0 Å². The van der Waals surface area contributed by atoms with Crippen molar-refractivity contribution in [3.05, 3.63) is 57.5 Å². The maximum Gasteiger partial charge on any atom is 0.145 e. The minimum Gasteiger partial charge on any atom is -0.455 e. The van der Waals surface area contributed by atoms with Crippen molar-refractivity contribution >= 4 is 75.6 Å². The number of aryl methyl sites for hydroxylation is 1. The van der Waals surface area contributed by atoms with E-state index >= 15 is 0 Å². The Kier molecular flexibility index (Phi) is 2.74. The molecule has 0 radical (unpaired) electrons. The molecule has 3 aromatic carbocycles. The van der Waals surface area contributed by atoms with Gasteiger partial charge in [0.15, 0.2) is 0 Å². The predicted molar refractivity (Wildman–Crippen MR) is 103 cm³/mol. The van der Waals surface area contributed by atoms with E-state index in [9.17, 15) is 0 Å². The van der Waals surface area contributed by atoms with Gasteiger partial charge in [0.1, 0.15) is 11.2 Å². The fourth-order valence-corrected chi connectivity index (χ4v) is 4.89. The van der Waals surface area contributed by atoms with E-state index in [0.29, 0.717) is 0 Å². The third-order valence-corrected chi connectivity index (χ3v) is 5.77. The molecular formula is C19H11Br2NO. The van der Waals surface area contributed by atoms with Gasteiger partial charge in [-0.2, -0.15) is 0 Å². The molecule has 0 aliphatic rings. The molecule has 0 aliphatic heterocycles. The van der Waals surface area contributed by atoms with Crippen LogP contribution in [-0.2, 0) is 7.05 Å². The zero-order valence-electron chi connectivity index (χ0n) is 12.2. The molecule has 5 aromatic rings.